The summed E-state index contributed by atoms with van der Waals surface area (Å²) in [6.45, 7) is 1.78. The molecule has 4 nitrogen and oxygen atoms in total. The van der Waals surface area contributed by atoms with E-state index in [1.807, 2.05) is 12.3 Å². The predicted octanol–water partition coefficient (Wildman–Crippen LogP) is 4.29. The van der Waals surface area contributed by atoms with Crippen molar-refractivity contribution in [2.75, 3.05) is 20.3 Å². The van der Waals surface area contributed by atoms with Crippen LogP contribution in [-0.2, 0) is 17.6 Å². The van der Waals surface area contributed by atoms with Gasteiger partial charge in [-0.3, -0.25) is 4.98 Å². The number of nitrogens with zero attached hydrogens (tertiary/aromatic N) is 1. The van der Waals surface area contributed by atoms with Crippen molar-refractivity contribution in [3.8, 4) is 16.9 Å². The maximum atomic E-state index is 5.91. The fourth-order valence-electron chi connectivity index (χ4n) is 3.60. The highest BCUT2D eigenvalue weighted by molar-refractivity contribution is 5.64. The highest BCUT2D eigenvalue weighted by atomic mass is 16.5. The molecule has 3 aromatic rings. The largest absolute Gasteiger partial charge is 0.490 e. The third kappa shape index (κ3) is 5.43. The monoisotopic (exact) mass is 388 g/mol. The topological polar surface area (TPSA) is 43.4 Å². The average Bonchev–Trinajstić information content (AvgIpc) is 2.73. The SMILES string of the molecule is COC(Cc1ccccc1)Cc1cccc(-c2cncc(OCC3CCN3)c2)c1. The number of methoxy groups -OCH3 is 1. The van der Waals surface area contributed by atoms with E-state index in [4.69, 9.17) is 9.47 Å². The Bertz CT molecular complexity index is 909. The number of hydrogen-bond acceptors (Lipinski definition) is 4. The molecule has 1 aliphatic rings. The van der Waals surface area contributed by atoms with E-state index in [2.05, 4.69) is 64.9 Å². The van der Waals surface area contributed by atoms with Gasteiger partial charge in [-0.15, -0.1) is 0 Å². The smallest absolute Gasteiger partial charge is 0.138 e. The van der Waals surface area contributed by atoms with Crippen LogP contribution >= 0.6 is 0 Å². The molecule has 0 aliphatic carbocycles. The van der Waals surface area contributed by atoms with Crippen molar-refractivity contribution < 1.29 is 9.47 Å². The summed E-state index contributed by atoms with van der Waals surface area (Å²) in [5.41, 5.74) is 4.78. The maximum Gasteiger partial charge on any atom is 0.138 e. The first-order chi connectivity index (χ1) is 14.3. The van der Waals surface area contributed by atoms with Gasteiger partial charge in [0.1, 0.15) is 12.4 Å². The van der Waals surface area contributed by atoms with Crippen LogP contribution in [0.4, 0.5) is 0 Å². The fraction of sp³-hybridized carbons (Fsp3) is 0.320. The predicted molar refractivity (Wildman–Crippen MR) is 116 cm³/mol. The molecule has 150 valence electrons. The third-order valence-corrected chi connectivity index (χ3v) is 5.45. The van der Waals surface area contributed by atoms with Gasteiger partial charge in [0, 0.05) is 24.9 Å². The van der Waals surface area contributed by atoms with Gasteiger partial charge in [0.2, 0.25) is 0 Å². The molecule has 1 aromatic heterocycles. The lowest BCUT2D eigenvalue weighted by Crippen LogP contribution is -2.46. The number of rotatable bonds is 9. The van der Waals surface area contributed by atoms with Gasteiger partial charge in [0.25, 0.3) is 0 Å². The standard InChI is InChI=1S/C25H28N2O2/c1-28-24(13-19-6-3-2-4-7-19)14-20-8-5-9-21(12-20)22-15-25(17-26-16-22)29-18-23-10-11-27-23/h2-9,12,15-17,23-24,27H,10-11,13-14,18H2,1H3. The van der Waals surface area contributed by atoms with E-state index in [1.54, 1.807) is 13.3 Å². The summed E-state index contributed by atoms with van der Waals surface area (Å²) < 4.78 is 11.7. The Labute approximate surface area is 172 Å². The zero-order chi connectivity index (χ0) is 19.9. The Morgan fingerprint density at radius 2 is 1.76 bits per heavy atom. The number of pyridine rings is 1. The minimum atomic E-state index is 0.149. The van der Waals surface area contributed by atoms with Crippen molar-refractivity contribution in [3.63, 3.8) is 0 Å². The number of ether oxygens (including phenoxy) is 2. The van der Waals surface area contributed by atoms with Gasteiger partial charge in [-0.05, 0) is 48.6 Å². The van der Waals surface area contributed by atoms with Gasteiger partial charge in [-0.2, -0.15) is 0 Å². The lowest BCUT2D eigenvalue weighted by molar-refractivity contribution is 0.103. The summed E-state index contributed by atoms with van der Waals surface area (Å²) in [6, 6.07) is 21.7. The molecule has 1 aliphatic heterocycles. The van der Waals surface area contributed by atoms with Crippen molar-refractivity contribution in [2.45, 2.75) is 31.4 Å². The second-order valence-electron chi connectivity index (χ2n) is 7.61. The minimum absolute atomic E-state index is 0.149. The van der Waals surface area contributed by atoms with Crippen LogP contribution < -0.4 is 10.1 Å². The second-order valence-corrected chi connectivity index (χ2v) is 7.61. The molecule has 0 amide bonds. The van der Waals surface area contributed by atoms with Crippen LogP contribution in [0, 0.1) is 0 Å². The molecule has 0 spiro atoms. The highest BCUT2D eigenvalue weighted by Crippen LogP contribution is 2.25. The zero-order valence-corrected chi connectivity index (χ0v) is 16.9. The van der Waals surface area contributed by atoms with Crippen LogP contribution in [0.5, 0.6) is 5.75 Å². The molecule has 4 rings (SSSR count). The van der Waals surface area contributed by atoms with Crippen molar-refractivity contribution in [1.29, 1.82) is 0 Å². The van der Waals surface area contributed by atoms with Crippen molar-refractivity contribution in [1.82, 2.24) is 10.3 Å². The van der Waals surface area contributed by atoms with Crippen LogP contribution in [0.25, 0.3) is 11.1 Å². The van der Waals surface area contributed by atoms with Gasteiger partial charge in [-0.25, -0.2) is 0 Å². The molecule has 0 bridgehead atoms. The van der Waals surface area contributed by atoms with Gasteiger partial charge in [0.15, 0.2) is 0 Å². The number of aromatic nitrogens is 1. The Morgan fingerprint density at radius 3 is 2.52 bits per heavy atom. The maximum absolute atomic E-state index is 5.91. The summed E-state index contributed by atoms with van der Waals surface area (Å²) in [5, 5.41) is 3.35. The van der Waals surface area contributed by atoms with E-state index in [0.29, 0.717) is 12.6 Å². The van der Waals surface area contributed by atoms with E-state index in [-0.39, 0.29) is 6.10 Å². The molecule has 29 heavy (non-hydrogen) atoms. The minimum Gasteiger partial charge on any atom is -0.490 e. The molecule has 2 aromatic carbocycles. The lowest BCUT2D eigenvalue weighted by atomic mass is 9.98. The van der Waals surface area contributed by atoms with E-state index in [0.717, 1.165) is 36.3 Å². The van der Waals surface area contributed by atoms with E-state index in [1.165, 1.54) is 17.5 Å². The summed E-state index contributed by atoms with van der Waals surface area (Å²) in [7, 11) is 1.79. The molecule has 1 fully saturated rings. The van der Waals surface area contributed by atoms with Crippen molar-refractivity contribution >= 4 is 0 Å². The molecule has 1 saturated heterocycles. The lowest BCUT2D eigenvalue weighted by Gasteiger charge is -2.27. The molecule has 4 heteroatoms. The number of hydrogen-bond donors (Lipinski definition) is 1. The van der Waals surface area contributed by atoms with E-state index >= 15 is 0 Å². The first-order valence-electron chi connectivity index (χ1n) is 10.3. The molecule has 2 unspecified atom stereocenters. The van der Waals surface area contributed by atoms with Gasteiger partial charge < -0.3 is 14.8 Å². The highest BCUT2D eigenvalue weighted by Gasteiger charge is 2.17. The first kappa shape index (κ1) is 19.6. The molecular weight excluding hydrogens is 360 g/mol. The normalized spacial score (nSPS) is 16.8. The molecule has 0 saturated carbocycles. The Balaban J connectivity index is 1.43. The van der Waals surface area contributed by atoms with Crippen LogP contribution in [0.2, 0.25) is 0 Å². The van der Waals surface area contributed by atoms with Gasteiger partial charge in [-0.1, -0.05) is 54.6 Å². The Kier molecular flexibility index (Phi) is 6.55. The Hall–Kier alpha value is -2.69. The van der Waals surface area contributed by atoms with Crippen molar-refractivity contribution in [2.24, 2.45) is 0 Å². The van der Waals surface area contributed by atoms with Crippen LogP contribution in [0.3, 0.4) is 0 Å². The molecule has 1 N–H and O–H groups in total. The van der Waals surface area contributed by atoms with Crippen molar-refractivity contribution in [3.05, 3.63) is 84.2 Å². The average molecular weight is 389 g/mol. The number of benzene rings is 2. The molecular formula is C25H28N2O2. The van der Waals surface area contributed by atoms with Crippen LogP contribution in [0.15, 0.2) is 73.1 Å². The first-order valence-corrected chi connectivity index (χ1v) is 10.3. The van der Waals surface area contributed by atoms with E-state index < -0.39 is 0 Å². The number of nitrogens with one attached hydrogen (secondary N) is 1. The third-order valence-electron chi connectivity index (χ3n) is 5.45. The zero-order valence-electron chi connectivity index (χ0n) is 16.9. The summed E-state index contributed by atoms with van der Waals surface area (Å²) in [6.07, 6.45) is 6.78. The van der Waals surface area contributed by atoms with Gasteiger partial charge >= 0.3 is 0 Å². The van der Waals surface area contributed by atoms with E-state index in [9.17, 15) is 0 Å². The summed E-state index contributed by atoms with van der Waals surface area (Å²) in [4.78, 5) is 4.38. The van der Waals surface area contributed by atoms with Crippen LogP contribution in [-0.4, -0.2) is 37.4 Å². The van der Waals surface area contributed by atoms with Gasteiger partial charge in [0.05, 0.1) is 12.3 Å². The Morgan fingerprint density at radius 1 is 0.966 bits per heavy atom. The molecule has 2 atom stereocenters. The quantitative estimate of drug-likeness (QED) is 0.594. The second kappa shape index (κ2) is 9.68. The summed E-state index contributed by atoms with van der Waals surface area (Å²) in [5.74, 6) is 0.820. The molecule has 2 heterocycles. The summed E-state index contributed by atoms with van der Waals surface area (Å²) >= 11 is 0. The van der Waals surface area contributed by atoms with Crippen LogP contribution in [0.1, 0.15) is 17.5 Å². The molecule has 0 radical (unpaired) electrons. The fourth-order valence-corrected chi connectivity index (χ4v) is 3.60.